The first kappa shape index (κ1) is 14.1. The summed E-state index contributed by atoms with van der Waals surface area (Å²) in [5.41, 5.74) is 6.50. The van der Waals surface area contributed by atoms with Crippen molar-refractivity contribution in [1.29, 1.82) is 0 Å². The Labute approximate surface area is 103 Å². The van der Waals surface area contributed by atoms with E-state index in [2.05, 4.69) is 13.8 Å². The van der Waals surface area contributed by atoms with Crippen LogP contribution in [0.2, 0.25) is 0 Å². The van der Waals surface area contributed by atoms with E-state index in [9.17, 15) is 9.50 Å². The van der Waals surface area contributed by atoms with Crippen LogP contribution in [0.3, 0.4) is 0 Å². The van der Waals surface area contributed by atoms with Gasteiger partial charge in [-0.3, -0.25) is 0 Å². The standard InChI is InChI=1S/C14H22FNO/c1-3-10(4-2)14(17)13(9-16)11-6-5-7-12(15)8-11/h5-8,10,13-14,17H,3-4,9,16H2,1-2H3. The molecule has 0 fully saturated rings. The largest absolute Gasteiger partial charge is 0.392 e. The second kappa shape index (κ2) is 6.72. The first-order chi connectivity index (χ1) is 8.13. The molecule has 2 nitrogen and oxygen atoms in total. The molecule has 0 radical (unpaired) electrons. The molecule has 3 N–H and O–H groups in total. The van der Waals surface area contributed by atoms with Crippen molar-refractivity contribution < 1.29 is 9.50 Å². The number of aliphatic hydroxyl groups excluding tert-OH is 1. The fraction of sp³-hybridized carbons (Fsp3) is 0.571. The lowest BCUT2D eigenvalue weighted by atomic mass is 9.83. The third-order valence-electron chi connectivity index (χ3n) is 3.47. The summed E-state index contributed by atoms with van der Waals surface area (Å²) in [5, 5.41) is 10.3. The van der Waals surface area contributed by atoms with Gasteiger partial charge in [0.2, 0.25) is 0 Å². The molecule has 96 valence electrons. The predicted molar refractivity (Wildman–Crippen MR) is 68.3 cm³/mol. The Kier molecular flexibility index (Phi) is 5.59. The first-order valence-electron chi connectivity index (χ1n) is 6.27. The van der Waals surface area contributed by atoms with Crippen molar-refractivity contribution in [2.45, 2.75) is 38.7 Å². The van der Waals surface area contributed by atoms with E-state index in [0.29, 0.717) is 6.54 Å². The predicted octanol–water partition coefficient (Wildman–Crippen LogP) is 2.67. The van der Waals surface area contributed by atoms with Crippen molar-refractivity contribution in [1.82, 2.24) is 0 Å². The number of benzene rings is 1. The van der Waals surface area contributed by atoms with Crippen molar-refractivity contribution >= 4 is 0 Å². The minimum absolute atomic E-state index is 0.185. The molecule has 0 aromatic heterocycles. The van der Waals surface area contributed by atoms with Crippen LogP contribution in [0.5, 0.6) is 0 Å². The van der Waals surface area contributed by atoms with Crippen molar-refractivity contribution in [2.75, 3.05) is 6.54 Å². The zero-order valence-corrected chi connectivity index (χ0v) is 10.6. The molecule has 0 saturated carbocycles. The van der Waals surface area contributed by atoms with Crippen LogP contribution in [0.4, 0.5) is 4.39 Å². The van der Waals surface area contributed by atoms with Crippen LogP contribution < -0.4 is 5.73 Å². The molecule has 3 heteroatoms. The van der Waals surface area contributed by atoms with Gasteiger partial charge >= 0.3 is 0 Å². The lowest BCUT2D eigenvalue weighted by Crippen LogP contribution is -2.32. The second-order valence-corrected chi connectivity index (χ2v) is 4.46. The molecule has 1 rings (SSSR count). The SMILES string of the molecule is CCC(CC)C(O)C(CN)c1cccc(F)c1. The molecular weight excluding hydrogens is 217 g/mol. The fourth-order valence-corrected chi connectivity index (χ4v) is 2.31. The monoisotopic (exact) mass is 239 g/mol. The fourth-order valence-electron chi connectivity index (χ4n) is 2.31. The van der Waals surface area contributed by atoms with Crippen LogP contribution in [0.25, 0.3) is 0 Å². The topological polar surface area (TPSA) is 46.2 Å². The summed E-state index contributed by atoms with van der Waals surface area (Å²) in [5.74, 6) is -0.250. The third-order valence-corrected chi connectivity index (χ3v) is 3.47. The minimum atomic E-state index is -0.503. The van der Waals surface area contributed by atoms with E-state index in [1.807, 2.05) is 6.07 Å². The maximum absolute atomic E-state index is 13.2. The van der Waals surface area contributed by atoms with Gasteiger partial charge in [-0.25, -0.2) is 4.39 Å². The molecule has 0 spiro atoms. The van der Waals surface area contributed by atoms with Crippen LogP contribution in [0.15, 0.2) is 24.3 Å². The highest BCUT2D eigenvalue weighted by Crippen LogP contribution is 2.27. The molecule has 0 aliphatic heterocycles. The Morgan fingerprint density at radius 3 is 2.41 bits per heavy atom. The third kappa shape index (κ3) is 3.51. The number of rotatable bonds is 6. The molecule has 2 unspecified atom stereocenters. The molecule has 1 aromatic rings. The van der Waals surface area contributed by atoms with Gasteiger partial charge in [0, 0.05) is 12.5 Å². The van der Waals surface area contributed by atoms with Gasteiger partial charge in [0.25, 0.3) is 0 Å². The Morgan fingerprint density at radius 1 is 1.29 bits per heavy atom. The Morgan fingerprint density at radius 2 is 1.94 bits per heavy atom. The molecule has 0 amide bonds. The molecule has 0 aliphatic rings. The van der Waals surface area contributed by atoms with Gasteiger partial charge in [-0.1, -0.05) is 38.8 Å². The van der Waals surface area contributed by atoms with Crippen molar-refractivity contribution in [3.05, 3.63) is 35.6 Å². The summed E-state index contributed by atoms with van der Waals surface area (Å²) in [6.45, 7) is 4.44. The van der Waals surface area contributed by atoms with Gasteiger partial charge < -0.3 is 10.8 Å². The molecule has 2 atom stereocenters. The van der Waals surface area contributed by atoms with Gasteiger partial charge in [0.1, 0.15) is 5.82 Å². The highest BCUT2D eigenvalue weighted by atomic mass is 19.1. The Balaban J connectivity index is 2.90. The highest BCUT2D eigenvalue weighted by molar-refractivity contribution is 5.22. The summed E-state index contributed by atoms with van der Waals surface area (Å²) in [6, 6.07) is 6.35. The van der Waals surface area contributed by atoms with Crippen molar-refractivity contribution in [2.24, 2.45) is 11.7 Å². The summed E-state index contributed by atoms with van der Waals surface area (Å²) in [6.07, 6.45) is 1.31. The number of hydrogen-bond acceptors (Lipinski definition) is 2. The molecule has 0 saturated heterocycles. The van der Waals surface area contributed by atoms with Gasteiger partial charge in [-0.05, 0) is 23.6 Å². The van der Waals surface area contributed by atoms with Gasteiger partial charge in [-0.2, -0.15) is 0 Å². The minimum Gasteiger partial charge on any atom is -0.392 e. The Bertz CT molecular complexity index is 339. The molecule has 17 heavy (non-hydrogen) atoms. The quantitative estimate of drug-likeness (QED) is 0.801. The van der Waals surface area contributed by atoms with Gasteiger partial charge in [0.15, 0.2) is 0 Å². The van der Waals surface area contributed by atoms with E-state index in [0.717, 1.165) is 18.4 Å². The lowest BCUT2D eigenvalue weighted by molar-refractivity contribution is 0.0779. The van der Waals surface area contributed by atoms with Crippen LogP contribution >= 0.6 is 0 Å². The van der Waals surface area contributed by atoms with Crippen LogP contribution in [0, 0.1) is 11.7 Å². The average molecular weight is 239 g/mol. The van der Waals surface area contributed by atoms with Crippen LogP contribution in [-0.4, -0.2) is 17.8 Å². The summed E-state index contributed by atoms with van der Waals surface area (Å²) < 4.78 is 13.2. The van der Waals surface area contributed by atoms with Crippen molar-refractivity contribution in [3.63, 3.8) is 0 Å². The number of nitrogens with two attached hydrogens (primary N) is 1. The summed E-state index contributed by atoms with van der Waals surface area (Å²) in [7, 11) is 0. The maximum atomic E-state index is 13.2. The highest BCUT2D eigenvalue weighted by Gasteiger charge is 2.26. The van der Waals surface area contributed by atoms with Gasteiger partial charge in [0.05, 0.1) is 6.10 Å². The summed E-state index contributed by atoms with van der Waals surface area (Å²) in [4.78, 5) is 0. The first-order valence-corrected chi connectivity index (χ1v) is 6.27. The van der Waals surface area contributed by atoms with Crippen LogP contribution in [0.1, 0.15) is 38.2 Å². The average Bonchev–Trinajstić information content (AvgIpc) is 2.31. The van der Waals surface area contributed by atoms with E-state index in [1.165, 1.54) is 12.1 Å². The zero-order chi connectivity index (χ0) is 12.8. The molecule has 0 bridgehead atoms. The van der Waals surface area contributed by atoms with Crippen LogP contribution in [-0.2, 0) is 0 Å². The second-order valence-electron chi connectivity index (χ2n) is 4.46. The smallest absolute Gasteiger partial charge is 0.123 e. The lowest BCUT2D eigenvalue weighted by Gasteiger charge is -2.28. The number of hydrogen-bond donors (Lipinski definition) is 2. The normalized spacial score (nSPS) is 14.9. The van der Waals surface area contributed by atoms with Gasteiger partial charge in [-0.15, -0.1) is 0 Å². The molecule has 1 aromatic carbocycles. The maximum Gasteiger partial charge on any atom is 0.123 e. The zero-order valence-electron chi connectivity index (χ0n) is 10.6. The molecule has 0 aliphatic carbocycles. The van der Waals surface area contributed by atoms with E-state index < -0.39 is 6.10 Å². The van der Waals surface area contributed by atoms with E-state index >= 15 is 0 Å². The van der Waals surface area contributed by atoms with E-state index in [-0.39, 0.29) is 17.7 Å². The summed E-state index contributed by atoms with van der Waals surface area (Å²) >= 11 is 0. The van der Waals surface area contributed by atoms with E-state index in [4.69, 9.17) is 5.73 Å². The molecular formula is C14H22FNO. The Hall–Kier alpha value is -0.930. The van der Waals surface area contributed by atoms with Crippen molar-refractivity contribution in [3.8, 4) is 0 Å². The number of aliphatic hydroxyl groups is 1. The number of halogens is 1. The van der Waals surface area contributed by atoms with E-state index in [1.54, 1.807) is 6.07 Å². The molecule has 0 heterocycles.